The Kier molecular flexibility index (Phi) is 5.28. The van der Waals surface area contributed by atoms with Crippen molar-refractivity contribution in [3.63, 3.8) is 0 Å². The number of benzene rings is 1. The third kappa shape index (κ3) is 3.98. The maximum atomic E-state index is 5.36. The zero-order valence-electron chi connectivity index (χ0n) is 14.1. The van der Waals surface area contributed by atoms with Gasteiger partial charge in [0, 0.05) is 18.6 Å². The van der Waals surface area contributed by atoms with Gasteiger partial charge in [-0.2, -0.15) is 0 Å². The zero-order chi connectivity index (χ0) is 15.5. The number of hydrogen-bond donors (Lipinski definition) is 1. The summed E-state index contributed by atoms with van der Waals surface area (Å²) < 4.78 is 5.36. The van der Waals surface area contributed by atoms with Crippen LogP contribution in [-0.2, 0) is 0 Å². The van der Waals surface area contributed by atoms with Crippen molar-refractivity contribution >= 4 is 0 Å². The van der Waals surface area contributed by atoms with Crippen LogP contribution in [0.1, 0.15) is 44.7 Å². The van der Waals surface area contributed by atoms with Gasteiger partial charge in [-0.3, -0.25) is 0 Å². The predicted molar refractivity (Wildman–Crippen MR) is 88.8 cm³/mol. The van der Waals surface area contributed by atoms with Gasteiger partial charge in [-0.05, 0) is 50.0 Å². The van der Waals surface area contributed by atoms with Gasteiger partial charge in [-0.25, -0.2) is 0 Å². The third-order valence-corrected chi connectivity index (χ3v) is 4.92. The Hall–Kier alpha value is -1.06. The molecule has 2 unspecified atom stereocenters. The molecule has 0 aromatic heterocycles. The van der Waals surface area contributed by atoms with E-state index in [0.717, 1.165) is 12.3 Å². The topological polar surface area (TPSA) is 24.5 Å². The van der Waals surface area contributed by atoms with Crippen LogP contribution in [0.5, 0.6) is 5.75 Å². The van der Waals surface area contributed by atoms with Gasteiger partial charge in [0.25, 0.3) is 0 Å². The minimum Gasteiger partial charge on any atom is -0.497 e. The molecule has 118 valence electrons. The Labute approximate surface area is 129 Å². The molecule has 3 heteroatoms. The average Bonchev–Trinajstić information content (AvgIpc) is 2.78. The highest BCUT2D eigenvalue weighted by molar-refractivity contribution is 5.30. The molecule has 2 atom stereocenters. The first-order valence-electron chi connectivity index (χ1n) is 7.98. The standard InChI is InChI=1S/C18H30N2O/c1-18(2)11-7-10-17(18)19-13-16(20(3)4)14-8-6-9-15(12-14)21-5/h6,8-9,12,16-17,19H,7,10-11,13H2,1-5H3. The molecule has 0 saturated heterocycles. The fraction of sp³-hybridized carbons (Fsp3) is 0.667. The summed E-state index contributed by atoms with van der Waals surface area (Å²) in [5.41, 5.74) is 1.73. The summed E-state index contributed by atoms with van der Waals surface area (Å²) in [7, 11) is 6.01. The van der Waals surface area contributed by atoms with E-state index in [4.69, 9.17) is 4.74 Å². The third-order valence-electron chi connectivity index (χ3n) is 4.92. The van der Waals surface area contributed by atoms with E-state index in [1.54, 1.807) is 7.11 Å². The van der Waals surface area contributed by atoms with Crippen LogP contribution >= 0.6 is 0 Å². The lowest BCUT2D eigenvalue weighted by molar-refractivity contribution is 0.236. The fourth-order valence-electron chi connectivity index (χ4n) is 3.41. The second-order valence-corrected chi connectivity index (χ2v) is 7.10. The van der Waals surface area contributed by atoms with Crippen LogP contribution in [0, 0.1) is 5.41 Å². The van der Waals surface area contributed by atoms with Crippen LogP contribution in [0.3, 0.4) is 0 Å². The molecule has 1 aromatic carbocycles. The van der Waals surface area contributed by atoms with Gasteiger partial charge in [0.05, 0.1) is 7.11 Å². The highest BCUT2D eigenvalue weighted by Crippen LogP contribution is 2.37. The van der Waals surface area contributed by atoms with Gasteiger partial charge in [0.1, 0.15) is 5.75 Å². The molecular formula is C18H30N2O. The lowest BCUT2D eigenvalue weighted by atomic mass is 9.87. The minimum atomic E-state index is 0.372. The molecule has 2 rings (SSSR count). The lowest BCUT2D eigenvalue weighted by Gasteiger charge is -2.32. The number of methoxy groups -OCH3 is 1. The summed E-state index contributed by atoms with van der Waals surface area (Å²) in [4.78, 5) is 2.28. The molecule has 1 fully saturated rings. The minimum absolute atomic E-state index is 0.372. The number of likely N-dealkylation sites (N-methyl/N-ethyl adjacent to an activating group) is 1. The molecule has 0 bridgehead atoms. The van der Waals surface area contributed by atoms with E-state index >= 15 is 0 Å². The van der Waals surface area contributed by atoms with E-state index < -0.39 is 0 Å². The lowest BCUT2D eigenvalue weighted by Crippen LogP contribution is -2.42. The van der Waals surface area contributed by atoms with Gasteiger partial charge in [0.2, 0.25) is 0 Å². The molecule has 1 aliphatic rings. The smallest absolute Gasteiger partial charge is 0.119 e. The second-order valence-electron chi connectivity index (χ2n) is 7.10. The Bertz CT molecular complexity index is 456. The Morgan fingerprint density at radius 1 is 1.38 bits per heavy atom. The number of nitrogens with zero attached hydrogens (tertiary/aromatic N) is 1. The predicted octanol–water partition coefficient (Wildman–Crippen LogP) is 3.47. The highest BCUT2D eigenvalue weighted by atomic mass is 16.5. The van der Waals surface area contributed by atoms with Crippen molar-refractivity contribution in [1.29, 1.82) is 0 Å². The van der Waals surface area contributed by atoms with Gasteiger partial charge in [-0.15, -0.1) is 0 Å². The fourth-order valence-corrected chi connectivity index (χ4v) is 3.41. The maximum absolute atomic E-state index is 5.36. The molecule has 0 amide bonds. The first-order valence-corrected chi connectivity index (χ1v) is 7.98. The number of hydrogen-bond acceptors (Lipinski definition) is 3. The van der Waals surface area contributed by atoms with Crippen molar-refractivity contribution < 1.29 is 4.74 Å². The summed E-state index contributed by atoms with van der Waals surface area (Å²) in [6.07, 6.45) is 3.97. The number of rotatable bonds is 6. The van der Waals surface area contributed by atoms with E-state index in [1.165, 1.54) is 24.8 Å². The molecule has 0 aliphatic heterocycles. The Morgan fingerprint density at radius 3 is 2.71 bits per heavy atom. The van der Waals surface area contributed by atoms with Crippen molar-refractivity contribution in [3.05, 3.63) is 29.8 Å². The largest absolute Gasteiger partial charge is 0.497 e. The molecule has 1 aliphatic carbocycles. The van der Waals surface area contributed by atoms with Gasteiger partial charge in [0.15, 0.2) is 0 Å². The quantitative estimate of drug-likeness (QED) is 0.868. The molecule has 3 nitrogen and oxygen atoms in total. The molecule has 1 aromatic rings. The first kappa shape index (κ1) is 16.3. The second kappa shape index (κ2) is 6.80. The molecule has 0 radical (unpaired) electrons. The Balaban J connectivity index is 2.05. The van der Waals surface area contributed by atoms with E-state index in [2.05, 4.69) is 56.4 Å². The van der Waals surface area contributed by atoms with Crippen LogP contribution in [0.25, 0.3) is 0 Å². The summed E-state index contributed by atoms with van der Waals surface area (Å²) in [6.45, 7) is 5.75. The first-order chi connectivity index (χ1) is 9.94. The van der Waals surface area contributed by atoms with Gasteiger partial charge in [-0.1, -0.05) is 32.4 Å². The van der Waals surface area contributed by atoms with Crippen LogP contribution < -0.4 is 10.1 Å². The molecule has 1 N–H and O–H groups in total. The summed E-state index contributed by atoms with van der Waals surface area (Å²) in [6, 6.07) is 9.41. The molecule has 21 heavy (non-hydrogen) atoms. The maximum Gasteiger partial charge on any atom is 0.119 e. The van der Waals surface area contributed by atoms with Crippen molar-refractivity contribution in [1.82, 2.24) is 10.2 Å². The molecule has 0 heterocycles. The van der Waals surface area contributed by atoms with Crippen molar-refractivity contribution in [3.8, 4) is 5.75 Å². The monoisotopic (exact) mass is 290 g/mol. The van der Waals surface area contributed by atoms with Crippen molar-refractivity contribution in [2.75, 3.05) is 27.7 Å². The van der Waals surface area contributed by atoms with E-state index in [9.17, 15) is 0 Å². The highest BCUT2D eigenvalue weighted by Gasteiger charge is 2.34. The number of nitrogens with one attached hydrogen (secondary N) is 1. The SMILES string of the molecule is COc1cccc(C(CNC2CCCC2(C)C)N(C)C)c1. The Morgan fingerprint density at radius 2 is 2.14 bits per heavy atom. The molecular weight excluding hydrogens is 260 g/mol. The summed E-state index contributed by atoms with van der Waals surface area (Å²) in [5.74, 6) is 0.931. The van der Waals surface area contributed by atoms with Crippen LogP contribution in [0.15, 0.2) is 24.3 Å². The average molecular weight is 290 g/mol. The number of ether oxygens (including phenoxy) is 1. The van der Waals surface area contributed by atoms with E-state index in [0.29, 0.717) is 17.5 Å². The van der Waals surface area contributed by atoms with Gasteiger partial charge >= 0.3 is 0 Å². The summed E-state index contributed by atoms with van der Waals surface area (Å²) >= 11 is 0. The van der Waals surface area contributed by atoms with Crippen LogP contribution in [0.4, 0.5) is 0 Å². The van der Waals surface area contributed by atoms with Crippen molar-refractivity contribution in [2.45, 2.75) is 45.2 Å². The van der Waals surface area contributed by atoms with E-state index in [1.807, 2.05) is 6.07 Å². The molecule has 1 saturated carbocycles. The van der Waals surface area contributed by atoms with Crippen molar-refractivity contribution in [2.24, 2.45) is 5.41 Å². The zero-order valence-corrected chi connectivity index (χ0v) is 14.1. The van der Waals surface area contributed by atoms with Crippen LogP contribution in [-0.4, -0.2) is 38.7 Å². The van der Waals surface area contributed by atoms with Crippen LogP contribution in [0.2, 0.25) is 0 Å². The molecule has 0 spiro atoms. The summed E-state index contributed by atoms with van der Waals surface area (Å²) in [5, 5.41) is 3.81. The normalized spacial score (nSPS) is 22.5. The van der Waals surface area contributed by atoms with E-state index in [-0.39, 0.29) is 0 Å². The van der Waals surface area contributed by atoms with Gasteiger partial charge < -0.3 is 15.0 Å².